The number of aryl methyl sites for hydroxylation is 1. The summed E-state index contributed by atoms with van der Waals surface area (Å²) in [5, 5.41) is 12.0. The second kappa shape index (κ2) is 6.57. The number of halogens is 3. The van der Waals surface area contributed by atoms with E-state index in [1.165, 1.54) is 6.07 Å². The van der Waals surface area contributed by atoms with E-state index in [2.05, 4.69) is 10.3 Å². The lowest BCUT2D eigenvalue weighted by Gasteiger charge is -2.13. The predicted octanol–water partition coefficient (Wildman–Crippen LogP) is 2.94. The molecule has 126 valence electrons. The molecule has 5 nitrogen and oxygen atoms in total. The number of carboxylic acid groups (broad SMARTS) is 1. The lowest BCUT2D eigenvalue weighted by Crippen LogP contribution is -2.36. The molecule has 2 N–H and O–H groups in total. The Balaban J connectivity index is 2.25. The molecule has 1 heterocycles. The zero-order valence-electron chi connectivity index (χ0n) is 12.8. The van der Waals surface area contributed by atoms with E-state index in [0.717, 1.165) is 12.1 Å². The van der Waals surface area contributed by atoms with Gasteiger partial charge in [-0.05, 0) is 24.6 Å². The summed E-state index contributed by atoms with van der Waals surface area (Å²) in [6, 6.07) is 2.68. The Kier molecular flexibility index (Phi) is 4.93. The van der Waals surface area contributed by atoms with E-state index >= 15 is 0 Å². The molecular formula is C15H18F3N3O2. The highest BCUT2D eigenvalue weighted by Gasteiger charge is 2.31. The summed E-state index contributed by atoms with van der Waals surface area (Å²) >= 11 is 0. The number of fused-ring (bicyclic) bond motifs is 1. The highest BCUT2D eigenvalue weighted by Crippen LogP contribution is 2.31. The van der Waals surface area contributed by atoms with E-state index in [9.17, 15) is 18.0 Å². The standard InChI is InChI=1S/C15H18F3N3O2/c1-3-4-10(14(22)23)19-8-13-20-11-7-9(15(16,17)18)5-6-12(11)21(13)2/h5-7,10,19H,3-4,8H2,1-2H3,(H,22,23). The smallest absolute Gasteiger partial charge is 0.416 e. The molecule has 1 atom stereocenters. The molecule has 0 fully saturated rings. The number of rotatable bonds is 6. The van der Waals surface area contributed by atoms with Crippen LogP contribution in [-0.2, 0) is 24.6 Å². The van der Waals surface area contributed by atoms with E-state index in [0.29, 0.717) is 24.2 Å². The molecule has 2 rings (SSSR count). The number of nitrogens with one attached hydrogen (secondary N) is 1. The minimum Gasteiger partial charge on any atom is -0.480 e. The molecule has 2 aromatic rings. The van der Waals surface area contributed by atoms with Gasteiger partial charge in [-0.2, -0.15) is 13.2 Å². The van der Waals surface area contributed by atoms with Crippen LogP contribution < -0.4 is 5.32 Å². The van der Waals surface area contributed by atoms with Crippen LogP contribution in [0.5, 0.6) is 0 Å². The van der Waals surface area contributed by atoms with Crippen molar-refractivity contribution >= 4 is 17.0 Å². The first kappa shape index (κ1) is 17.3. The Hall–Kier alpha value is -2.09. The van der Waals surface area contributed by atoms with E-state index in [1.807, 2.05) is 6.92 Å². The van der Waals surface area contributed by atoms with Crippen LogP contribution in [0, 0.1) is 0 Å². The summed E-state index contributed by atoms with van der Waals surface area (Å²) < 4.78 is 39.9. The molecule has 0 spiro atoms. The maximum absolute atomic E-state index is 12.7. The largest absolute Gasteiger partial charge is 0.480 e. The summed E-state index contributed by atoms with van der Waals surface area (Å²) in [5.74, 6) is -0.466. The van der Waals surface area contributed by atoms with E-state index in [4.69, 9.17) is 5.11 Å². The number of nitrogens with zero attached hydrogens (tertiary/aromatic N) is 2. The second-order valence-corrected chi connectivity index (χ2v) is 5.35. The number of carboxylic acids is 1. The summed E-state index contributed by atoms with van der Waals surface area (Å²) in [4.78, 5) is 15.3. The van der Waals surface area contributed by atoms with Crippen LogP contribution in [0.2, 0.25) is 0 Å². The third-order valence-corrected chi connectivity index (χ3v) is 3.68. The van der Waals surface area contributed by atoms with Gasteiger partial charge < -0.3 is 9.67 Å². The van der Waals surface area contributed by atoms with Crippen molar-refractivity contribution in [2.45, 2.75) is 38.5 Å². The Morgan fingerprint density at radius 2 is 2.13 bits per heavy atom. The maximum atomic E-state index is 12.7. The Bertz CT molecular complexity index is 710. The molecule has 23 heavy (non-hydrogen) atoms. The highest BCUT2D eigenvalue weighted by molar-refractivity contribution is 5.77. The average Bonchev–Trinajstić information content (AvgIpc) is 2.78. The van der Waals surface area contributed by atoms with E-state index in [1.54, 1.807) is 11.6 Å². The van der Waals surface area contributed by atoms with Crippen LogP contribution in [-0.4, -0.2) is 26.7 Å². The van der Waals surface area contributed by atoms with Crippen molar-refractivity contribution in [3.8, 4) is 0 Å². The van der Waals surface area contributed by atoms with Crippen LogP contribution in [0.4, 0.5) is 13.2 Å². The first-order chi connectivity index (χ1) is 10.7. The van der Waals surface area contributed by atoms with Gasteiger partial charge in [0.2, 0.25) is 0 Å². The molecule has 0 aliphatic rings. The fourth-order valence-electron chi connectivity index (χ4n) is 2.40. The number of imidazole rings is 1. The Morgan fingerprint density at radius 3 is 2.70 bits per heavy atom. The summed E-state index contributed by atoms with van der Waals surface area (Å²) in [6.07, 6.45) is -3.24. The van der Waals surface area contributed by atoms with Gasteiger partial charge in [-0.3, -0.25) is 10.1 Å². The number of alkyl halides is 3. The quantitative estimate of drug-likeness (QED) is 0.855. The van der Waals surface area contributed by atoms with Crippen molar-refractivity contribution in [2.75, 3.05) is 0 Å². The van der Waals surface area contributed by atoms with Crippen LogP contribution >= 0.6 is 0 Å². The van der Waals surface area contributed by atoms with Crippen molar-refractivity contribution in [3.63, 3.8) is 0 Å². The minimum atomic E-state index is -4.42. The molecule has 0 radical (unpaired) electrons. The van der Waals surface area contributed by atoms with Crippen LogP contribution in [0.3, 0.4) is 0 Å². The molecule has 8 heteroatoms. The van der Waals surface area contributed by atoms with Gasteiger partial charge in [0.1, 0.15) is 11.9 Å². The normalized spacial score (nSPS) is 13.4. The van der Waals surface area contributed by atoms with Gasteiger partial charge in [-0.25, -0.2) is 4.98 Å². The lowest BCUT2D eigenvalue weighted by atomic mass is 10.2. The van der Waals surface area contributed by atoms with Crippen LogP contribution in [0.1, 0.15) is 31.2 Å². The van der Waals surface area contributed by atoms with Gasteiger partial charge >= 0.3 is 12.1 Å². The predicted molar refractivity (Wildman–Crippen MR) is 78.9 cm³/mol. The van der Waals surface area contributed by atoms with Crippen molar-refractivity contribution in [2.24, 2.45) is 7.05 Å². The van der Waals surface area contributed by atoms with E-state index in [-0.39, 0.29) is 12.1 Å². The lowest BCUT2D eigenvalue weighted by molar-refractivity contribution is -0.140. The minimum absolute atomic E-state index is 0.170. The van der Waals surface area contributed by atoms with Gasteiger partial charge in [0.15, 0.2) is 0 Å². The molecule has 0 saturated heterocycles. The molecule has 1 unspecified atom stereocenters. The topological polar surface area (TPSA) is 67.2 Å². The molecule has 0 aliphatic heterocycles. The third kappa shape index (κ3) is 3.82. The Morgan fingerprint density at radius 1 is 1.43 bits per heavy atom. The molecular weight excluding hydrogens is 311 g/mol. The number of carbonyl (C=O) groups is 1. The fourth-order valence-corrected chi connectivity index (χ4v) is 2.40. The van der Waals surface area contributed by atoms with Crippen LogP contribution in [0.25, 0.3) is 11.0 Å². The van der Waals surface area contributed by atoms with Crippen LogP contribution in [0.15, 0.2) is 18.2 Å². The number of hydrogen-bond acceptors (Lipinski definition) is 3. The summed E-state index contributed by atoms with van der Waals surface area (Å²) in [6.45, 7) is 2.05. The van der Waals surface area contributed by atoms with Crippen molar-refractivity contribution < 1.29 is 23.1 Å². The molecule has 0 amide bonds. The second-order valence-electron chi connectivity index (χ2n) is 5.35. The van der Waals surface area contributed by atoms with Crippen molar-refractivity contribution in [3.05, 3.63) is 29.6 Å². The zero-order valence-corrected chi connectivity index (χ0v) is 12.8. The average molecular weight is 329 g/mol. The van der Waals surface area contributed by atoms with Gasteiger partial charge in [0, 0.05) is 7.05 Å². The maximum Gasteiger partial charge on any atom is 0.416 e. The SMILES string of the molecule is CCCC(NCc1nc2cc(C(F)(F)F)ccc2n1C)C(=O)O. The molecule has 0 saturated carbocycles. The zero-order chi connectivity index (χ0) is 17.2. The van der Waals surface area contributed by atoms with Gasteiger partial charge in [0.05, 0.1) is 23.1 Å². The third-order valence-electron chi connectivity index (χ3n) is 3.68. The monoisotopic (exact) mass is 329 g/mol. The number of benzene rings is 1. The number of aliphatic carboxylic acids is 1. The van der Waals surface area contributed by atoms with Gasteiger partial charge in [-0.15, -0.1) is 0 Å². The highest BCUT2D eigenvalue weighted by atomic mass is 19.4. The first-order valence-corrected chi connectivity index (χ1v) is 7.22. The Labute approximate surface area is 131 Å². The van der Waals surface area contributed by atoms with Crippen molar-refractivity contribution in [1.29, 1.82) is 0 Å². The van der Waals surface area contributed by atoms with Crippen molar-refractivity contribution in [1.82, 2.24) is 14.9 Å². The van der Waals surface area contributed by atoms with Gasteiger partial charge in [0.25, 0.3) is 0 Å². The molecule has 0 aliphatic carbocycles. The van der Waals surface area contributed by atoms with Gasteiger partial charge in [-0.1, -0.05) is 13.3 Å². The molecule has 1 aromatic carbocycles. The number of hydrogen-bond donors (Lipinski definition) is 2. The summed E-state index contributed by atoms with van der Waals surface area (Å²) in [7, 11) is 1.69. The number of aromatic nitrogens is 2. The fraction of sp³-hybridized carbons (Fsp3) is 0.467. The molecule has 1 aromatic heterocycles. The first-order valence-electron chi connectivity index (χ1n) is 7.22. The molecule has 0 bridgehead atoms. The summed E-state index contributed by atoms with van der Waals surface area (Å²) in [5.41, 5.74) is 0.0515. The van der Waals surface area contributed by atoms with E-state index < -0.39 is 23.8 Å².